The van der Waals surface area contributed by atoms with Gasteiger partial charge < -0.3 is 10.1 Å². The van der Waals surface area contributed by atoms with Gasteiger partial charge in [0.25, 0.3) is 0 Å². The van der Waals surface area contributed by atoms with E-state index in [1.54, 1.807) is 13.8 Å². The van der Waals surface area contributed by atoms with Crippen molar-refractivity contribution in [2.24, 2.45) is 0 Å². The van der Waals surface area contributed by atoms with Crippen molar-refractivity contribution in [3.8, 4) is 0 Å². The average molecular weight is 395 g/mol. The Morgan fingerprint density at radius 2 is 2.00 bits per heavy atom. The summed E-state index contributed by atoms with van der Waals surface area (Å²) in [5.41, 5.74) is 2.42. The van der Waals surface area contributed by atoms with Crippen LogP contribution >= 0.6 is 23.1 Å². The van der Waals surface area contributed by atoms with Gasteiger partial charge in [0, 0.05) is 11.4 Å². The molecule has 1 N–H and O–H groups in total. The fourth-order valence-electron chi connectivity index (χ4n) is 2.17. The molecule has 140 valence electrons. The van der Waals surface area contributed by atoms with Crippen molar-refractivity contribution in [3.05, 3.63) is 28.0 Å². The summed E-state index contributed by atoms with van der Waals surface area (Å²) in [4.78, 5) is 37.4. The van der Waals surface area contributed by atoms with Gasteiger partial charge in [0.15, 0.2) is 10.3 Å². The zero-order valence-electron chi connectivity index (χ0n) is 15.3. The first kappa shape index (κ1) is 20.3. The number of hydrogen-bond acceptors (Lipinski definition) is 8. The molecule has 0 aliphatic heterocycles. The third-order valence-electron chi connectivity index (χ3n) is 3.23. The number of ether oxygens (including phenoxy) is 1. The molecule has 0 saturated heterocycles. The number of nitrogens with zero attached hydrogens (tertiary/aromatic N) is 3. The van der Waals surface area contributed by atoms with E-state index in [0.29, 0.717) is 27.5 Å². The van der Waals surface area contributed by atoms with E-state index in [-0.39, 0.29) is 11.7 Å². The summed E-state index contributed by atoms with van der Waals surface area (Å²) in [6, 6.07) is 1.96. The second-order valence-electron chi connectivity index (χ2n) is 5.52. The number of aryl methyl sites for hydroxylation is 3. The molecule has 0 radical (unpaired) electrons. The third-order valence-corrected chi connectivity index (χ3v) is 5.13. The molecule has 0 unspecified atom stereocenters. The van der Waals surface area contributed by atoms with Gasteiger partial charge in [-0.25, -0.2) is 19.7 Å². The fraction of sp³-hybridized carbons (Fsp3) is 0.471. The number of thiazole rings is 1. The molecule has 2 aromatic rings. The summed E-state index contributed by atoms with van der Waals surface area (Å²) in [5, 5.41) is 3.68. The van der Waals surface area contributed by atoms with E-state index in [4.69, 9.17) is 4.74 Å². The second-order valence-corrected chi connectivity index (χ2v) is 7.47. The van der Waals surface area contributed by atoms with Crippen LogP contribution in [0.4, 0.5) is 5.13 Å². The first-order chi connectivity index (χ1) is 12.4. The van der Waals surface area contributed by atoms with Crippen LogP contribution in [0.3, 0.4) is 0 Å². The van der Waals surface area contributed by atoms with Crippen molar-refractivity contribution in [1.82, 2.24) is 15.0 Å². The van der Waals surface area contributed by atoms with Gasteiger partial charge in [-0.1, -0.05) is 36.4 Å². The SMILES string of the molecule is CCCc1cc(C)nc(SCC(=O)Nc2nc(C)c(C(=O)OCC)s2)n1. The second kappa shape index (κ2) is 9.63. The highest BCUT2D eigenvalue weighted by molar-refractivity contribution is 7.99. The summed E-state index contributed by atoms with van der Waals surface area (Å²) >= 11 is 2.39. The van der Waals surface area contributed by atoms with E-state index in [0.717, 1.165) is 35.6 Å². The standard InChI is InChI=1S/C17H22N4O3S2/c1-5-7-12-8-10(3)18-16(20-12)25-9-13(22)21-17-19-11(4)14(26-17)15(23)24-6-2/h8H,5-7,9H2,1-4H3,(H,19,21,22). The molecule has 0 fully saturated rings. The van der Waals surface area contributed by atoms with Crippen LogP contribution in [0.2, 0.25) is 0 Å². The summed E-state index contributed by atoms with van der Waals surface area (Å²) in [7, 11) is 0. The molecular weight excluding hydrogens is 372 g/mol. The molecule has 9 heteroatoms. The lowest BCUT2D eigenvalue weighted by molar-refractivity contribution is -0.113. The van der Waals surface area contributed by atoms with Gasteiger partial charge in [-0.15, -0.1) is 0 Å². The molecule has 2 rings (SSSR count). The molecular formula is C17H22N4O3S2. The van der Waals surface area contributed by atoms with Crippen molar-refractivity contribution >= 4 is 40.1 Å². The summed E-state index contributed by atoms with van der Waals surface area (Å²) in [6.07, 6.45) is 1.89. The number of esters is 1. The minimum atomic E-state index is -0.422. The Hall–Kier alpha value is -2.00. The third kappa shape index (κ3) is 5.77. The maximum absolute atomic E-state index is 12.2. The average Bonchev–Trinajstić information content (AvgIpc) is 2.93. The quantitative estimate of drug-likeness (QED) is 0.416. The van der Waals surface area contributed by atoms with Gasteiger partial charge in [0.1, 0.15) is 4.88 Å². The van der Waals surface area contributed by atoms with Gasteiger partial charge in [-0.2, -0.15) is 0 Å². The van der Waals surface area contributed by atoms with Gasteiger partial charge in [-0.3, -0.25) is 4.79 Å². The number of hydrogen-bond donors (Lipinski definition) is 1. The fourth-order valence-corrected chi connectivity index (χ4v) is 3.77. The molecule has 0 bridgehead atoms. The van der Waals surface area contributed by atoms with Crippen LogP contribution < -0.4 is 5.32 Å². The normalized spacial score (nSPS) is 10.6. The number of nitrogens with one attached hydrogen (secondary N) is 1. The first-order valence-corrected chi connectivity index (χ1v) is 10.1. The van der Waals surface area contributed by atoms with E-state index < -0.39 is 5.97 Å². The molecule has 1 amide bonds. The lowest BCUT2D eigenvalue weighted by Crippen LogP contribution is -2.14. The number of carbonyl (C=O) groups excluding carboxylic acids is 2. The molecule has 7 nitrogen and oxygen atoms in total. The smallest absolute Gasteiger partial charge is 0.350 e. The maximum Gasteiger partial charge on any atom is 0.350 e. The van der Waals surface area contributed by atoms with Crippen LogP contribution in [0.1, 0.15) is 47.0 Å². The van der Waals surface area contributed by atoms with Gasteiger partial charge >= 0.3 is 5.97 Å². The lowest BCUT2D eigenvalue weighted by Gasteiger charge is -2.05. The Morgan fingerprint density at radius 3 is 2.69 bits per heavy atom. The predicted molar refractivity (Wildman–Crippen MR) is 103 cm³/mol. The van der Waals surface area contributed by atoms with Gasteiger partial charge in [-0.05, 0) is 33.3 Å². The highest BCUT2D eigenvalue weighted by atomic mass is 32.2. The van der Waals surface area contributed by atoms with Gasteiger partial charge in [0.05, 0.1) is 18.1 Å². The van der Waals surface area contributed by atoms with Crippen molar-refractivity contribution in [2.45, 2.75) is 45.7 Å². The Morgan fingerprint density at radius 1 is 1.23 bits per heavy atom. The Kier molecular flexibility index (Phi) is 7.52. The van der Waals surface area contributed by atoms with Gasteiger partial charge in [0.2, 0.25) is 5.91 Å². The van der Waals surface area contributed by atoms with Crippen LogP contribution in [0.25, 0.3) is 0 Å². The Bertz CT molecular complexity index is 792. The van der Waals surface area contributed by atoms with E-state index in [2.05, 4.69) is 27.2 Å². The highest BCUT2D eigenvalue weighted by Crippen LogP contribution is 2.24. The van der Waals surface area contributed by atoms with Crippen LogP contribution in [0.15, 0.2) is 11.2 Å². The topological polar surface area (TPSA) is 94.1 Å². The molecule has 2 heterocycles. The summed E-state index contributed by atoms with van der Waals surface area (Å²) < 4.78 is 4.97. The summed E-state index contributed by atoms with van der Waals surface area (Å²) in [5.74, 6) is -0.474. The van der Waals surface area contributed by atoms with Crippen LogP contribution in [0.5, 0.6) is 0 Å². The predicted octanol–water partition coefficient (Wildman–Crippen LogP) is 3.41. The number of rotatable bonds is 8. The highest BCUT2D eigenvalue weighted by Gasteiger charge is 2.17. The molecule has 2 aromatic heterocycles. The first-order valence-electron chi connectivity index (χ1n) is 8.34. The Balaban J connectivity index is 1.95. The van der Waals surface area contributed by atoms with Crippen molar-refractivity contribution in [1.29, 1.82) is 0 Å². The van der Waals surface area contributed by atoms with E-state index in [9.17, 15) is 9.59 Å². The van der Waals surface area contributed by atoms with Crippen LogP contribution in [-0.4, -0.2) is 39.2 Å². The monoisotopic (exact) mass is 394 g/mol. The van der Waals surface area contributed by atoms with Crippen molar-refractivity contribution in [3.63, 3.8) is 0 Å². The van der Waals surface area contributed by atoms with Crippen molar-refractivity contribution < 1.29 is 14.3 Å². The molecule has 0 atom stereocenters. The molecule has 0 aliphatic rings. The molecule has 0 aliphatic carbocycles. The lowest BCUT2D eigenvalue weighted by atomic mass is 10.2. The minimum absolute atomic E-state index is 0.169. The molecule has 26 heavy (non-hydrogen) atoms. The number of amides is 1. The molecule has 0 saturated carbocycles. The zero-order valence-corrected chi connectivity index (χ0v) is 16.9. The number of aromatic nitrogens is 3. The number of thioether (sulfide) groups is 1. The molecule has 0 spiro atoms. The van der Waals surface area contributed by atoms with E-state index >= 15 is 0 Å². The Labute approximate surface area is 161 Å². The van der Waals surface area contributed by atoms with E-state index in [1.165, 1.54) is 11.8 Å². The molecule has 0 aromatic carbocycles. The zero-order chi connectivity index (χ0) is 19.1. The summed E-state index contributed by atoms with van der Waals surface area (Å²) in [6.45, 7) is 7.76. The van der Waals surface area contributed by atoms with Crippen LogP contribution in [0, 0.1) is 13.8 Å². The maximum atomic E-state index is 12.2. The minimum Gasteiger partial charge on any atom is -0.462 e. The van der Waals surface area contributed by atoms with E-state index in [1.807, 2.05) is 13.0 Å². The number of anilines is 1. The number of carbonyl (C=O) groups is 2. The van der Waals surface area contributed by atoms with Crippen LogP contribution in [-0.2, 0) is 16.0 Å². The van der Waals surface area contributed by atoms with Crippen molar-refractivity contribution in [2.75, 3.05) is 17.7 Å². The largest absolute Gasteiger partial charge is 0.462 e.